The fourth-order valence-electron chi connectivity index (χ4n) is 2.65. The van der Waals surface area contributed by atoms with Crippen molar-refractivity contribution in [2.75, 3.05) is 0 Å². The molecular weight excluding hydrogens is 184 g/mol. The minimum atomic E-state index is 0.140. The van der Waals surface area contributed by atoms with Crippen LogP contribution >= 0.6 is 0 Å². The molecule has 0 aromatic rings. The highest BCUT2D eigenvalue weighted by Gasteiger charge is 2.39. The van der Waals surface area contributed by atoms with E-state index >= 15 is 0 Å². The van der Waals surface area contributed by atoms with Crippen LogP contribution in [0.25, 0.3) is 0 Å². The molecule has 88 valence electrons. The number of Topliss-reactive ketones (excluding diaryl/α,β-unsaturated/α-hetero) is 1. The summed E-state index contributed by atoms with van der Waals surface area (Å²) in [5.41, 5.74) is 0.491. The molecule has 0 aromatic carbocycles. The van der Waals surface area contributed by atoms with Crippen molar-refractivity contribution in [2.24, 2.45) is 22.7 Å². The van der Waals surface area contributed by atoms with Gasteiger partial charge in [-0.1, -0.05) is 41.5 Å². The molecule has 0 spiro atoms. The summed E-state index contributed by atoms with van der Waals surface area (Å²) in [5.74, 6) is 1.47. The maximum atomic E-state index is 11.9. The van der Waals surface area contributed by atoms with Crippen LogP contribution in [0, 0.1) is 22.7 Å². The Labute approximate surface area is 94.6 Å². The number of hydrogen-bond donors (Lipinski definition) is 0. The Morgan fingerprint density at radius 3 is 1.93 bits per heavy atom. The monoisotopic (exact) mass is 210 g/mol. The molecule has 1 fully saturated rings. The van der Waals surface area contributed by atoms with Gasteiger partial charge in [-0.3, -0.25) is 4.79 Å². The molecule has 0 amide bonds. The molecule has 0 heterocycles. The van der Waals surface area contributed by atoms with E-state index in [1.807, 2.05) is 0 Å². The lowest BCUT2D eigenvalue weighted by molar-refractivity contribution is -0.130. The minimum Gasteiger partial charge on any atom is -0.299 e. The van der Waals surface area contributed by atoms with Crippen LogP contribution in [0.4, 0.5) is 0 Å². The molecule has 1 rings (SSSR count). The zero-order chi connectivity index (χ0) is 11.9. The first-order valence-corrected chi connectivity index (χ1v) is 6.15. The van der Waals surface area contributed by atoms with Crippen molar-refractivity contribution >= 4 is 5.78 Å². The predicted octanol–water partition coefficient (Wildman–Crippen LogP) is 4.06. The summed E-state index contributed by atoms with van der Waals surface area (Å²) < 4.78 is 0. The Morgan fingerprint density at radius 1 is 1.00 bits per heavy atom. The summed E-state index contributed by atoms with van der Waals surface area (Å²) in [7, 11) is 0. The predicted molar refractivity (Wildman–Crippen MR) is 64.7 cm³/mol. The van der Waals surface area contributed by atoms with Gasteiger partial charge in [0.05, 0.1) is 0 Å². The van der Waals surface area contributed by atoms with Gasteiger partial charge in [-0.05, 0) is 29.6 Å². The third-order valence-corrected chi connectivity index (χ3v) is 3.92. The van der Waals surface area contributed by atoms with Gasteiger partial charge in [0.25, 0.3) is 0 Å². The van der Waals surface area contributed by atoms with Gasteiger partial charge >= 0.3 is 0 Å². The molecule has 0 radical (unpaired) electrons. The first-order valence-electron chi connectivity index (χ1n) is 6.15. The van der Waals surface area contributed by atoms with Gasteiger partial charge in [0.2, 0.25) is 0 Å². The number of hydrogen-bond acceptors (Lipinski definition) is 1. The highest BCUT2D eigenvalue weighted by molar-refractivity contribution is 5.82. The molecule has 0 unspecified atom stereocenters. The Bertz CT molecular complexity index is 239. The van der Waals surface area contributed by atoms with Gasteiger partial charge in [0, 0.05) is 12.3 Å². The Balaban J connectivity index is 2.78. The average molecular weight is 210 g/mol. The van der Waals surface area contributed by atoms with Crippen LogP contribution in [0.15, 0.2) is 0 Å². The minimum absolute atomic E-state index is 0.140. The van der Waals surface area contributed by atoms with Gasteiger partial charge in [-0.25, -0.2) is 0 Å². The van der Waals surface area contributed by atoms with E-state index in [0.29, 0.717) is 17.1 Å². The Morgan fingerprint density at radius 2 is 1.53 bits per heavy atom. The summed E-state index contributed by atoms with van der Waals surface area (Å²) in [5, 5.41) is 0. The second-order valence-electron chi connectivity index (χ2n) is 7.22. The lowest BCUT2D eigenvalue weighted by Gasteiger charge is -2.41. The molecule has 1 saturated carbocycles. The third kappa shape index (κ3) is 3.06. The van der Waals surface area contributed by atoms with E-state index in [1.165, 1.54) is 0 Å². The summed E-state index contributed by atoms with van der Waals surface area (Å²) in [6, 6.07) is 0. The molecule has 1 nitrogen and oxygen atoms in total. The second-order valence-corrected chi connectivity index (χ2v) is 7.22. The fraction of sp³-hybridized carbons (Fsp3) is 0.929. The molecule has 0 aliphatic heterocycles. The summed E-state index contributed by atoms with van der Waals surface area (Å²) in [4.78, 5) is 11.9. The number of carbonyl (C=O) groups excluding carboxylic acids is 1. The SMILES string of the molecule is CC(C)(C)[C@@H]1CCC(=O)[C@H](C(C)(C)C)C1. The average Bonchev–Trinajstić information content (AvgIpc) is 2.00. The number of rotatable bonds is 0. The standard InChI is InChI=1S/C14H26O/c1-13(2,3)10-7-8-12(15)11(9-10)14(4,5)6/h10-11H,7-9H2,1-6H3/t10-,11-/m1/s1. The van der Waals surface area contributed by atoms with E-state index in [9.17, 15) is 4.79 Å². The lowest BCUT2D eigenvalue weighted by atomic mass is 9.63. The summed E-state index contributed by atoms with van der Waals surface area (Å²) >= 11 is 0. The maximum absolute atomic E-state index is 11.9. The van der Waals surface area contributed by atoms with Crippen molar-refractivity contribution in [3.05, 3.63) is 0 Å². The van der Waals surface area contributed by atoms with Crippen molar-refractivity contribution in [1.82, 2.24) is 0 Å². The summed E-state index contributed by atoms with van der Waals surface area (Å²) in [6.45, 7) is 13.5. The maximum Gasteiger partial charge on any atom is 0.136 e. The molecule has 15 heavy (non-hydrogen) atoms. The summed E-state index contributed by atoms with van der Waals surface area (Å²) in [6.07, 6.45) is 2.98. The van der Waals surface area contributed by atoms with Crippen LogP contribution in [0.5, 0.6) is 0 Å². The molecule has 1 aliphatic rings. The zero-order valence-electron chi connectivity index (χ0n) is 11.2. The first-order chi connectivity index (χ1) is 6.62. The third-order valence-electron chi connectivity index (χ3n) is 3.92. The molecule has 1 heteroatoms. The van der Waals surface area contributed by atoms with E-state index in [-0.39, 0.29) is 11.3 Å². The van der Waals surface area contributed by atoms with E-state index in [0.717, 1.165) is 19.3 Å². The van der Waals surface area contributed by atoms with E-state index in [1.54, 1.807) is 0 Å². The van der Waals surface area contributed by atoms with Gasteiger partial charge in [0.15, 0.2) is 0 Å². The van der Waals surface area contributed by atoms with E-state index in [2.05, 4.69) is 41.5 Å². The van der Waals surface area contributed by atoms with Gasteiger partial charge < -0.3 is 0 Å². The molecule has 0 aromatic heterocycles. The van der Waals surface area contributed by atoms with Gasteiger partial charge in [0.1, 0.15) is 5.78 Å². The Hall–Kier alpha value is -0.330. The normalized spacial score (nSPS) is 29.3. The number of carbonyl (C=O) groups is 1. The van der Waals surface area contributed by atoms with Crippen LogP contribution in [-0.2, 0) is 4.79 Å². The number of ketones is 1. The van der Waals surface area contributed by atoms with Crippen LogP contribution in [0.1, 0.15) is 60.8 Å². The molecule has 2 atom stereocenters. The second kappa shape index (κ2) is 3.92. The van der Waals surface area contributed by atoms with Crippen LogP contribution in [-0.4, -0.2) is 5.78 Å². The quantitative estimate of drug-likeness (QED) is 0.589. The van der Waals surface area contributed by atoms with Crippen LogP contribution in [0.3, 0.4) is 0 Å². The topological polar surface area (TPSA) is 17.1 Å². The molecule has 1 aliphatic carbocycles. The molecule has 0 saturated heterocycles. The largest absolute Gasteiger partial charge is 0.299 e. The van der Waals surface area contributed by atoms with Crippen molar-refractivity contribution < 1.29 is 4.79 Å². The first kappa shape index (κ1) is 12.7. The van der Waals surface area contributed by atoms with Crippen molar-refractivity contribution in [1.29, 1.82) is 0 Å². The Kier molecular flexibility index (Phi) is 3.33. The van der Waals surface area contributed by atoms with Crippen molar-refractivity contribution in [3.63, 3.8) is 0 Å². The van der Waals surface area contributed by atoms with E-state index in [4.69, 9.17) is 0 Å². The van der Waals surface area contributed by atoms with Crippen molar-refractivity contribution in [3.8, 4) is 0 Å². The zero-order valence-corrected chi connectivity index (χ0v) is 11.2. The van der Waals surface area contributed by atoms with E-state index < -0.39 is 0 Å². The highest BCUT2D eigenvalue weighted by Crippen LogP contribution is 2.44. The highest BCUT2D eigenvalue weighted by atomic mass is 16.1. The van der Waals surface area contributed by atoms with Gasteiger partial charge in [-0.15, -0.1) is 0 Å². The van der Waals surface area contributed by atoms with Gasteiger partial charge in [-0.2, -0.15) is 0 Å². The fourth-order valence-corrected chi connectivity index (χ4v) is 2.65. The molecular formula is C14H26O. The lowest BCUT2D eigenvalue weighted by Crippen LogP contribution is -2.38. The smallest absolute Gasteiger partial charge is 0.136 e. The molecule has 0 N–H and O–H groups in total. The van der Waals surface area contributed by atoms with Crippen LogP contribution < -0.4 is 0 Å². The van der Waals surface area contributed by atoms with Crippen molar-refractivity contribution in [2.45, 2.75) is 60.8 Å². The van der Waals surface area contributed by atoms with Crippen LogP contribution in [0.2, 0.25) is 0 Å². The molecule has 0 bridgehead atoms.